The quantitative estimate of drug-likeness (QED) is 0.539. The highest BCUT2D eigenvalue weighted by molar-refractivity contribution is 7.90. The highest BCUT2D eigenvalue weighted by Gasteiger charge is 2.52. The molecule has 0 unspecified atom stereocenters. The van der Waals surface area contributed by atoms with Crippen LogP contribution in [0.3, 0.4) is 0 Å². The van der Waals surface area contributed by atoms with E-state index in [1.165, 1.54) is 18.6 Å². The molecule has 0 atom stereocenters. The Morgan fingerprint density at radius 1 is 1.06 bits per heavy atom. The molecule has 11 heteroatoms. The molecule has 172 valence electrons. The minimum Gasteiger partial charge on any atom is -0.325 e. The average Bonchev–Trinajstić information content (AvgIpc) is 2.72. The topological polar surface area (TPSA) is 113 Å². The Bertz CT molecular complexity index is 1260. The van der Waals surface area contributed by atoms with E-state index in [4.69, 9.17) is 0 Å². The van der Waals surface area contributed by atoms with Gasteiger partial charge in [-0.05, 0) is 36.6 Å². The first-order valence-corrected chi connectivity index (χ1v) is 12.5. The van der Waals surface area contributed by atoms with E-state index in [0.29, 0.717) is 30.3 Å². The summed E-state index contributed by atoms with van der Waals surface area (Å²) in [7, 11) is -3.44. The highest BCUT2D eigenvalue weighted by atomic mass is 32.2. The van der Waals surface area contributed by atoms with E-state index in [2.05, 4.69) is 35.5 Å². The number of aromatic nitrogens is 4. The molecule has 0 amide bonds. The Hall–Kier alpha value is -3.18. The molecule has 5 rings (SSSR count). The molecule has 33 heavy (non-hydrogen) atoms. The number of rotatable bonds is 7. The maximum absolute atomic E-state index is 13.1. The smallest absolute Gasteiger partial charge is 0.179 e. The van der Waals surface area contributed by atoms with Gasteiger partial charge in [-0.1, -0.05) is 6.07 Å². The van der Waals surface area contributed by atoms with Gasteiger partial charge in [0.25, 0.3) is 0 Å². The van der Waals surface area contributed by atoms with Crippen molar-refractivity contribution in [3.05, 3.63) is 54.6 Å². The Morgan fingerprint density at radius 3 is 2.48 bits per heavy atom. The average molecular weight is 470 g/mol. The zero-order chi connectivity index (χ0) is 23.1. The lowest BCUT2D eigenvalue weighted by atomic mass is 9.62. The van der Waals surface area contributed by atoms with Crippen LogP contribution in [0.15, 0.2) is 53.9 Å². The summed E-state index contributed by atoms with van der Waals surface area (Å²) in [6.07, 6.45) is 6.62. The van der Waals surface area contributed by atoms with Gasteiger partial charge in [0.1, 0.15) is 40.7 Å². The van der Waals surface area contributed by atoms with Crippen molar-refractivity contribution in [2.45, 2.75) is 30.5 Å². The summed E-state index contributed by atoms with van der Waals surface area (Å²) in [5.74, 6) is 1.72. The van der Waals surface area contributed by atoms with Gasteiger partial charge in [-0.2, -0.15) is 0 Å². The van der Waals surface area contributed by atoms with Crippen LogP contribution < -0.4 is 10.6 Å². The van der Waals surface area contributed by atoms with Gasteiger partial charge in [0.05, 0.1) is 0 Å². The maximum atomic E-state index is 13.1. The number of nitrogens with one attached hydrogen (secondary N) is 2. The molecule has 0 radical (unpaired) electrons. The molecule has 2 aliphatic rings. The van der Waals surface area contributed by atoms with Crippen molar-refractivity contribution in [3.63, 3.8) is 0 Å². The third-order valence-corrected chi connectivity index (χ3v) is 7.13. The van der Waals surface area contributed by atoms with Crippen LogP contribution in [0, 0.1) is 5.41 Å². The van der Waals surface area contributed by atoms with Gasteiger partial charge in [-0.3, -0.25) is 4.90 Å². The minimum absolute atomic E-state index is 0.0883. The summed E-state index contributed by atoms with van der Waals surface area (Å²) in [5.41, 5.74) is 1.32. The molecule has 3 aromatic rings. The molecule has 3 aromatic heterocycles. The lowest BCUT2D eigenvalue weighted by molar-refractivity contribution is -0.106. The largest absolute Gasteiger partial charge is 0.325 e. The van der Waals surface area contributed by atoms with Crippen LogP contribution in [-0.4, -0.2) is 58.8 Å². The molecule has 0 bridgehead atoms. The predicted molar refractivity (Wildman–Crippen MR) is 122 cm³/mol. The van der Waals surface area contributed by atoms with Crippen molar-refractivity contribution in [1.82, 2.24) is 24.8 Å². The van der Waals surface area contributed by atoms with Crippen LogP contribution in [0.2, 0.25) is 0 Å². The summed E-state index contributed by atoms with van der Waals surface area (Å²) < 4.78 is 37.1. The first-order valence-electron chi connectivity index (χ1n) is 10.6. The van der Waals surface area contributed by atoms with Crippen molar-refractivity contribution in [3.8, 4) is 0 Å². The van der Waals surface area contributed by atoms with Gasteiger partial charge in [0.2, 0.25) is 0 Å². The van der Waals surface area contributed by atoms with Crippen LogP contribution >= 0.6 is 0 Å². The second kappa shape index (κ2) is 8.31. The molecule has 1 saturated heterocycles. The molecule has 1 spiro atoms. The number of halogens is 1. The normalized spacial score (nSPS) is 17.9. The van der Waals surface area contributed by atoms with Gasteiger partial charge in [0.15, 0.2) is 9.84 Å². The number of hydrogen-bond acceptors (Lipinski definition) is 9. The standard InChI is InChI=1S/C22H24FN7O2S/c1-33(31,32)17-3-2-6-24-21(17)29-20-7-19(26-14-27-20)28-18-5-4-15(10-25-18)11-30-12-22(13-30)8-16(23)9-22/h2-7,10,14,16H,8-9,11-13H2,1H3,(H2,24,25,26,27,28,29). The van der Waals surface area contributed by atoms with Gasteiger partial charge < -0.3 is 10.6 Å². The van der Waals surface area contributed by atoms with E-state index in [-0.39, 0.29) is 16.1 Å². The number of alkyl halides is 1. The number of hydrogen-bond donors (Lipinski definition) is 2. The van der Waals surface area contributed by atoms with Crippen LogP contribution in [-0.2, 0) is 16.4 Å². The van der Waals surface area contributed by atoms with Gasteiger partial charge in [0, 0.05) is 49.8 Å². The number of pyridine rings is 2. The van der Waals surface area contributed by atoms with Crippen LogP contribution in [0.25, 0.3) is 0 Å². The summed E-state index contributed by atoms with van der Waals surface area (Å²) in [6, 6.07) is 8.58. The molecule has 2 fully saturated rings. The van der Waals surface area contributed by atoms with Gasteiger partial charge in [-0.25, -0.2) is 32.7 Å². The van der Waals surface area contributed by atoms with E-state index in [0.717, 1.165) is 31.5 Å². The third-order valence-electron chi connectivity index (χ3n) is 6.00. The van der Waals surface area contributed by atoms with Crippen molar-refractivity contribution in [2.24, 2.45) is 5.41 Å². The zero-order valence-corrected chi connectivity index (χ0v) is 18.9. The van der Waals surface area contributed by atoms with Crippen molar-refractivity contribution in [2.75, 3.05) is 30.0 Å². The summed E-state index contributed by atoms with van der Waals surface area (Å²) in [5, 5.41) is 6.06. The Morgan fingerprint density at radius 2 is 1.82 bits per heavy atom. The number of anilines is 4. The highest BCUT2D eigenvalue weighted by Crippen LogP contribution is 2.49. The molecule has 4 heterocycles. The van der Waals surface area contributed by atoms with E-state index >= 15 is 0 Å². The lowest BCUT2D eigenvalue weighted by Crippen LogP contribution is -2.62. The number of sulfone groups is 1. The molecule has 1 aliphatic carbocycles. The second-order valence-corrected chi connectivity index (χ2v) is 10.8. The fourth-order valence-corrected chi connectivity index (χ4v) is 5.31. The first-order chi connectivity index (χ1) is 15.8. The summed E-state index contributed by atoms with van der Waals surface area (Å²) >= 11 is 0. The van der Waals surface area contributed by atoms with E-state index in [1.54, 1.807) is 12.1 Å². The number of nitrogens with zero attached hydrogens (tertiary/aromatic N) is 5. The molecule has 0 aromatic carbocycles. The monoisotopic (exact) mass is 469 g/mol. The molecular formula is C22H24FN7O2S. The minimum atomic E-state index is -3.44. The molecule has 1 saturated carbocycles. The fourth-order valence-electron chi connectivity index (χ4n) is 4.53. The Balaban J connectivity index is 1.21. The second-order valence-electron chi connectivity index (χ2n) is 8.86. The summed E-state index contributed by atoms with van der Waals surface area (Å²) in [4.78, 5) is 19.3. The van der Waals surface area contributed by atoms with Crippen LogP contribution in [0.4, 0.5) is 27.7 Å². The van der Waals surface area contributed by atoms with Crippen molar-refractivity contribution in [1.29, 1.82) is 0 Å². The maximum Gasteiger partial charge on any atom is 0.179 e. The SMILES string of the molecule is CS(=O)(=O)c1cccnc1Nc1cc(Nc2ccc(CN3CC4(CC(F)C4)C3)cn2)ncn1. The Kier molecular flexibility index (Phi) is 5.45. The van der Waals surface area contributed by atoms with E-state index in [1.807, 2.05) is 18.3 Å². The molecular weight excluding hydrogens is 445 g/mol. The third kappa shape index (κ3) is 4.79. The van der Waals surface area contributed by atoms with Crippen molar-refractivity contribution < 1.29 is 12.8 Å². The van der Waals surface area contributed by atoms with Crippen molar-refractivity contribution >= 4 is 33.1 Å². The lowest BCUT2D eigenvalue weighted by Gasteiger charge is -2.57. The van der Waals surface area contributed by atoms with Crippen LogP contribution in [0.1, 0.15) is 18.4 Å². The van der Waals surface area contributed by atoms with Gasteiger partial charge in [-0.15, -0.1) is 0 Å². The van der Waals surface area contributed by atoms with E-state index < -0.39 is 16.0 Å². The molecule has 1 aliphatic heterocycles. The van der Waals surface area contributed by atoms with Gasteiger partial charge >= 0.3 is 0 Å². The molecule has 2 N–H and O–H groups in total. The van der Waals surface area contributed by atoms with Crippen LogP contribution in [0.5, 0.6) is 0 Å². The zero-order valence-electron chi connectivity index (χ0n) is 18.1. The first kappa shape index (κ1) is 21.7. The summed E-state index contributed by atoms with van der Waals surface area (Å²) in [6.45, 7) is 2.73. The Labute approximate surface area is 191 Å². The predicted octanol–water partition coefficient (Wildman–Crippen LogP) is 3.09. The molecule has 9 nitrogen and oxygen atoms in total. The number of likely N-dealkylation sites (tertiary alicyclic amines) is 1. The van der Waals surface area contributed by atoms with E-state index in [9.17, 15) is 12.8 Å². The fraction of sp³-hybridized carbons (Fsp3) is 0.364.